The second-order valence-electron chi connectivity index (χ2n) is 8.97. The number of aromatic amines is 2. The maximum absolute atomic E-state index is 5.18. The first kappa shape index (κ1) is 18.9. The number of nitrogens with zero attached hydrogens (tertiary/aromatic N) is 4. The summed E-state index contributed by atoms with van der Waals surface area (Å²) in [7, 11) is 0. The van der Waals surface area contributed by atoms with Gasteiger partial charge in [0.05, 0.1) is 0 Å². The molecule has 0 aliphatic carbocycles. The van der Waals surface area contributed by atoms with Crippen LogP contribution in [0, 0.1) is 0 Å². The van der Waals surface area contributed by atoms with E-state index in [0.717, 1.165) is 40.4 Å². The van der Waals surface area contributed by atoms with Crippen LogP contribution in [0.25, 0.3) is 27.7 Å². The zero-order valence-corrected chi connectivity index (χ0v) is 18.2. The molecule has 2 N–H and O–H groups in total. The second-order valence-corrected chi connectivity index (χ2v) is 8.97. The normalized spacial score (nSPS) is 19.3. The Morgan fingerprint density at radius 2 is 2.00 bits per heavy atom. The van der Waals surface area contributed by atoms with Crippen molar-refractivity contribution < 1.29 is 0 Å². The van der Waals surface area contributed by atoms with E-state index in [1.807, 2.05) is 12.4 Å². The number of fused-ring (bicyclic) bond motifs is 2. The van der Waals surface area contributed by atoms with Crippen molar-refractivity contribution in [3.8, 4) is 11.1 Å². The summed E-state index contributed by atoms with van der Waals surface area (Å²) in [6.45, 7) is 14.3. The summed E-state index contributed by atoms with van der Waals surface area (Å²) in [6.07, 6.45) is 8.05. The minimum atomic E-state index is 0.0270. The van der Waals surface area contributed by atoms with Crippen molar-refractivity contribution in [3.05, 3.63) is 48.4 Å². The number of nitrogens with one attached hydrogen (secondary N) is 2. The zero-order valence-electron chi connectivity index (χ0n) is 18.2. The van der Waals surface area contributed by atoms with Crippen LogP contribution in [0.3, 0.4) is 0 Å². The first-order valence-corrected chi connectivity index (χ1v) is 10.5. The first-order valence-electron chi connectivity index (χ1n) is 10.5. The summed E-state index contributed by atoms with van der Waals surface area (Å²) in [4.78, 5) is 13.4. The molecule has 0 amide bonds. The van der Waals surface area contributed by atoms with Gasteiger partial charge in [-0.25, -0.2) is 0 Å². The molecule has 0 bridgehead atoms. The van der Waals surface area contributed by atoms with Crippen molar-refractivity contribution in [2.75, 3.05) is 6.54 Å². The Morgan fingerprint density at radius 3 is 2.70 bits per heavy atom. The molecule has 7 heteroatoms. The van der Waals surface area contributed by atoms with Crippen molar-refractivity contribution in [3.63, 3.8) is 0 Å². The van der Waals surface area contributed by atoms with Gasteiger partial charge >= 0.3 is 177 Å². The Kier molecular flexibility index (Phi) is 4.24. The van der Waals surface area contributed by atoms with Gasteiger partial charge in [0.25, 0.3) is 0 Å². The number of H-pyrrole nitrogens is 2. The van der Waals surface area contributed by atoms with E-state index in [0.29, 0.717) is 6.04 Å². The molecule has 1 saturated heterocycles. The topological polar surface area (TPSA) is 63.3 Å². The van der Waals surface area contributed by atoms with Gasteiger partial charge in [-0.3, -0.25) is 0 Å². The third-order valence-electron chi connectivity index (χ3n) is 6.07. The van der Waals surface area contributed by atoms with Crippen molar-refractivity contribution >= 4 is 35.1 Å². The van der Waals surface area contributed by atoms with Crippen LogP contribution in [0.2, 0.25) is 6.82 Å². The van der Waals surface area contributed by atoms with E-state index in [-0.39, 0.29) is 5.54 Å². The van der Waals surface area contributed by atoms with E-state index in [1.165, 1.54) is 11.0 Å². The van der Waals surface area contributed by atoms with E-state index < -0.39 is 0 Å². The van der Waals surface area contributed by atoms with Crippen molar-refractivity contribution in [2.45, 2.75) is 46.1 Å². The third kappa shape index (κ3) is 2.83. The zero-order chi connectivity index (χ0) is 21.0. The summed E-state index contributed by atoms with van der Waals surface area (Å²) in [5.74, 6) is 1.04. The molecule has 0 unspecified atom stereocenters. The predicted molar refractivity (Wildman–Crippen MR) is 126 cm³/mol. The van der Waals surface area contributed by atoms with Gasteiger partial charge in [-0.1, -0.05) is 0 Å². The Labute approximate surface area is 177 Å². The molecule has 2 aliphatic rings. The number of rotatable bonds is 3. The number of aliphatic imine (C=N–C) groups is 1. The van der Waals surface area contributed by atoms with Gasteiger partial charge in [0.2, 0.25) is 0 Å². The third-order valence-corrected chi connectivity index (χ3v) is 6.07. The predicted octanol–water partition coefficient (Wildman–Crippen LogP) is 3.96. The molecule has 1 fully saturated rings. The standard InChI is InChI=1S/C23H27BN6/c1-14(2)30-22-28-20(9-21(24-5)29(22)13-23(30,3)4)18-12-25-19-7-6-15(8-17(18)19)16-10-26-27-11-16/h6-12,14,25H,13H2,1-5H3,(H,26,27). The number of guanidine groups is 1. The molecule has 30 heavy (non-hydrogen) atoms. The van der Waals surface area contributed by atoms with Crippen LogP contribution in [0.15, 0.2) is 47.9 Å². The van der Waals surface area contributed by atoms with Gasteiger partial charge < -0.3 is 0 Å². The Bertz CT molecular complexity index is 1200. The molecule has 3 aromatic rings. The summed E-state index contributed by atoms with van der Waals surface area (Å²) in [6, 6.07) is 6.83. The fourth-order valence-electron chi connectivity index (χ4n) is 4.84. The average molecular weight is 398 g/mol. The van der Waals surface area contributed by atoms with Crippen LogP contribution in [-0.4, -0.2) is 61.6 Å². The van der Waals surface area contributed by atoms with Gasteiger partial charge in [0, 0.05) is 0 Å². The molecule has 0 spiro atoms. The Morgan fingerprint density at radius 1 is 1.17 bits per heavy atom. The second kappa shape index (κ2) is 6.72. The molecule has 0 atom stereocenters. The number of hydrogen-bond acceptors (Lipinski definition) is 4. The molecule has 2 aromatic heterocycles. The van der Waals surface area contributed by atoms with Crippen LogP contribution in [0.5, 0.6) is 0 Å². The van der Waals surface area contributed by atoms with E-state index in [4.69, 9.17) is 4.99 Å². The summed E-state index contributed by atoms with van der Waals surface area (Å²) in [5.41, 5.74) is 6.67. The van der Waals surface area contributed by atoms with Crippen molar-refractivity contribution in [1.29, 1.82) is 0 Å². The molecule has 152 valence electrons. The molecular weight excluding hydrogens is 371 g/mol. The fraction of sp³-hybridized carbons (Fsp3) is 0.348. The van der Waals surface area contributed by atoms with Crippen LogP contribution < -0.4 is 0 Å². The summed E-state index contributed by atoms with van der Waals surface area (Å²) >= 11 is 0. The van der Waals surface area contributed by atoms with Crippen LogP contribution in [0.1, 0.15) is 33.3 Å². The van der Waals surface area contributed by atoms with Gasteiger partial charge in [0.1, 0.15) is 0 Å². The van der Waals surface area contributed by atoms with E-state index in [9.17, 15) is 0 Å². The molecule has 0 radical (unpaired) electrons. The molecule has 0 saturated carbocycles. The van der Waals surface area contributed by atoms with Crippen LogP contribution >= 0.6 is 0 Å². The Hall–Kier alpha value is -3.09. The monoisotopic (exact) mass is 398 g/mol. The molecule has 2 aliphatic heterocycles. The van der Waals surface area contributed by atoms with Gasteiger partial charge in [0.15, 0.2) is 0 Å². The Balaban J connectivity index is 1.65. The van der Waals surface area contributed by atoms with Crippen LogP contribution in [0.4, 0.5) is 0 Å². The maximum atomic E-state index is 5.18. The SMILES string of the molecule is CB=C1C=C(c2c[nH]c3ccc(-c4cn[nH]c4)cc23)N=C2N1CC(C)(C)N2C(C)C. The molecule has 5 rings (SSSR count). The average Bonchev–Trinajstić information content (AvgIpc) is 3.42. The van der Waals surface area contributed by atoms with Gasteiger partial charge in [-0.15, -0.1) is 0 Å². The minimum absolute atomic E-state index is 0.0270. The quantitative estimate of drug-likeness (QED) is 0.657. The molecule has 4 heterocycles. The number of benzene rings is 1. The fourth-order valence-corrected chi connectivity index (χ4v) is 4.84. The van der Waals surface area contributed by atoms with Crippen molar-refractivity contribution in [2.24, 2.45) is 4.99 Å². The van der Waals surface area contributed by atoms with E-state index >= 15 is 0 Å². The molecule has 6 nitrogen and oxygen atoms in total. The van der Waals surface area contributed by atoms with Crippen LogP contribution in [-0.2, 0) is 0 Å². The van der Waals surface area contributed by atoms with Gasteiger partial charge in [-0.05, 0) is 0 Å². The molecule has 1 aromatic carbocycles. The van der Waals surface area contributed by atoms with E-state index in [1.54, 1.807) is 0 Å². The molecular formula is C23H27BN6. The van der Waals surface area contributed by atoms with E-state index in [2.05, 4.69) is 96.9 Å². The first-order chi connectivity index (χ1) is 14.4. The number of aromatic nitrogens is 3. The number of hydrogen-bond donors (Lipinski definition) is 2. The summed E-state index contributed by atoms with van der Waals surface area (Å²) < 4.78 is 0. The van der Waals surface area contributed by atoms with Gasteiger partial charge in [-0.2, -0.15) is 0 Å². The summed E-state index contributed by atoms with van der Waals surface area (Å²) in [5, 5.41) is 8.16. The van der Waals surface area contributed by atoms with Crippen molar-refractivity contribution in [1.82, 2.24) is 25.0 Å².